The largest absolute Gasteiger partial charge is 0.390 e. The molecule has 0 saturated carbocycles. The van der Waals surface area contributed by atoms with Gasteiger partial charge >= 0.3 is 0 Å². The summed E-state index contributed by atoms with van der Waals surface area (Å²) in [5, 5.41) is 22.2. The SMILES string of the molecule is C/C=C/C[C@@H](C)[C@@H](O)[C@H]1C(=O)N[C@@H](CC)C(=O)N(C)[C@H](SCCCN2CCCCC2)C(=O)N(C)[C@@H](COCC(C)C)C(=O)N[C@@H](C(C)C)C(=O)N(C)[C@@H](CC(C)C)C(=O)N[C@@H](C)C(=O)N[C@H](C)C(=O)N(C)[C@@H](CC(C)C)C(=O)N(C)[C@@H](CC(C)C)C(=O)N(C)[C@@H](C(C)C)C(=O)N1C. The van der Waals surface area contributed by atoms with E-state index in [0.29, 0.717) is 18.6 Å². The predicted molar refractivity (Wildman–Crippen MR) is 381 cm³/mol. The lowest BCUT2D eigenvalue weighted by atomic mass is 9.91. The number of carbonyl (C=O) groups is 11. The van der Waals surface area contributed by atoms with E-state index in [0.717, 1.165) is 43.8 Å². The van der Waals surface area contributed by atoms with Gasteiger partial charge in [0, 0.05) is 55.9 Å². The second kappa shape index (κ2) is 41.6. The first-order valence-electron chi connectivity index (χ1n) is 35.5. The van der Waals surface area contributed by atoms with E-state index in [1.807, 2.05) is 68.4 Å². The number of allylic oxidation sites excluding steroid dienone is 2. The molecule has 0 aromatic heterocycles. The fourth-order valence-electron chi connectivity index (χ4n) is 12.4. The molecular weight excluding hydrogens is 1260 g/mol. The molecule has 556 valence electrons. The molecule has 2 aliphatic rings. The van der Waals surface area contributed by atoms with Gasteiger partial charge in [-0.05, 0) is 139 Å². The maximum absolute atomic E-state index is 15.5. The van der Waals surface area contributed by atoms with E-state index in [4.69, 9.17) is 4.74 Å². The van der Waals surface area contributed by atoms with Crippen molar-refractivity contribution in [3.63, 3.8) is 0 Å². The van der Waals surface area contributed by atoms with Crippen LogP contribution >= 0.6 is 11.8 Å². The Hall–Kier alpha value is -5.86. The predicted octanol–water partition coefficient (Wildman–Crippen LogP) is 4.83. The summed E-state index contributed by atoms with van der Waals surface area (Å²) in [6, 6.07) is -12.9. The Kier molecular flexibility index (Phi) is 37.5. The Morgan fingerprint density at radius 2 is 0.990 bits per heavy atom. The fourth-order valence-corrected chi connectivity index (χ4v) is 13.6. The molecule has 5 N–H and O–H groups in total. The average molecular weight is 1390 g/mol. The molecule has 13 atom stereocenters. The van der Waals surface area contributed by atoms with Crippen molar-refractivity contribution in [2.75, 3.05) is 87.9 Å². The van der Waals surface area contributed by atoms with E-state index in [1.54, 1.807) is 47.6 Å². The zero-order chi connectivity index (χ0) is 74.2. The van der Waals surface area contributed by atoms with Crippen LogP contribution in [0.3, 0.4) is 0 Å². The highest BCUT2D eigenvalue weighted by Gasteiger charge is 2.46. The summed E-state index contributed by atoms with van der Waals surface area (Å²) in [5.41, 5.74) is 0. The molecule has 11 amide bonds. The first-order chi connectivity index (χ1) is 45.2. The van der Waals surface area contributed by atoms with E-state index in [-0.39, 0.29) is 62.6 Å². The number of nitrogens with one attached hydrogen (secondary N) is 4. The molecule has 0 bridgehead atoms. The van der Waals surface area contributed by atoms with Crippen molar-refractivity contribution < 1.29 is 62.6 Å². The number of amides is 11. The molecule has 2 saturated heterocycles. The minimum absolute atomic E-state index is 0.00288. The van der Waals surface area contributed by atoms with Gasteiger partial charge in [-0.15, -0.1) is 11.8 Å². The molecule has 2 rings (SSSR count). The molecule has 0 spiro atoms. The van der Waals surface area contributed by atoms with Crippen LogP contribution in [0.25, 0.3) is 0 Å². The van der Waals surface area contributed by atoms with E-state index in [2.05, 4.69) is 26.2 Å². The monoisotopic (exact) mass is 1390 g/mol. The number of hydrogen-bond acceptors (Lipinski definition) is 15. The minimum atomic E-state index is -1.64. The third-order valence-electron chi connectivity index (χ3n) is 18.6. The number of thioether (sulfide) groups is 1. The summed E-state index contributed by atoms with van der Waals surface area (Å²) in [5.74, 6) is -9.46. The van der Waals surface area contributed by atoms with Gasteiger partial charge in [0.05, 0.1) is 12.7 Å². The van der Waals surface area contributed by atoms with E-state index >= 15 is 33.6 Å². The molecule has 0 aromatic carbocycles. The summed E-state index contributed by atoms with van der Waals surface area (Å²) in [7, 11) is 10.1. The zero-order valence-electron chi connectivity index (χ0n) is 63.6. The molecule has 97 heavy (non-hydrogen) atoms. The van der Waals surface area contributed by atoms with E-state index in [9.17, 15) is 24.3 Å². The molecule has 2 heterocycles. The fraction of sp³-hybridized carbons (Fsp3) is 0.817. The van der Waals surface area contributed by atoms with Crippen LogP contribution in [0.5, 0.6) is 0 Å². The van der Waals surface area contributed by atoms with Gasteiger partial charge in [0.15, 0.2) is 5.37 Å². The van der Waals surface area contributed by atoms with Gasteiger partial charge in [-0.3, -0.25) is 52.7 Å². The van der Waals surface area contributed by atoms with E-state index < -0.39 is 155 Å². The van der Waals surface area contributed by atoms with Gasteiger partial charge in [-0.2, -0.15) is 0 Å². The Morgan fingerprint density at radius 1 is 0.505 bits per heavy atom. The zero-order valence-corrected chi connectivity index (χ0v) is 64.4. The van der Waals surface area contributed by atoms with Crippen LogP contribution in [0.2, 0.25) is 0 Å². The van der Waals surface area contributed by atoms with Gasteiger partial charge in [0.1, 0.15) is 60.4 Å². The van der Waals surface area contributed by atoms with Crippen molar-refractivity contribution in [1.29, 1.82) is 0 Å². The summed E-state index contributed by atoms with van der Waals surface area (Å²) in [6.45, 7) is 32.6. The van der Waals surface area contributed by atoms with Crippen LogP contribution in [0.1, 0.15) is 175 Å². The molecule has 0 unspecified atom stereocenters. The topological polar surface area (TPSA) is 291 Å². The first-order valence-corrected chi connectivity index (χ1v) is 36.5. The lowest BCUT2D eigenvalue weighted by Gasteiger charge is -2.41. The second-order valence-electron chi connectivity index (χ2n) is 29.6. The highest BCUT2D eigenvalue weighted by molar-refractivity contribution is 8.00. The molecule has 0 aliphatic carbocycles. The maximum atomic E-state index is 15.5. The smallest absolute Gasteiger partial charge is 0.256 e. The van der Waals surface area contributed by atoms with Crippen molar-refractivity contribution in [2.45, 2.75) is 247 Å². The standard InChI is InChI=1S/C71H128N12O13S/c1-25-27-32-48(15)59(84)58-63(88)74-51(26-2)65(90)82(24)71(97-36-31-35-83-33-29-28-30-34-83)70(95)79(21)55(41-96-40-45(9)10)62(87)75-56(46(11)12)68(93)76(18)52(37-42(3)4)61(86)72-49(16)60(85)73-50(17)64(89)77(19)53(38-43(5)6)66(91)78(20)54(39-44(7)8)67(92)80(22)57(47(13)14)69(94)81(58)23/h25,27,42-59,71,84H,26,28-41H2,1-24H3,(H,72,86)(H,73,85)(H,74,88)(H,75,87)/b27-25+/t48-,49+,50-,51+,52+,53+,54+,55+,56+,57+,58+,59-,71-/m1/s1. The summed E-state index contributed by atoms with van der Waals surface area (Å²) in [6.07, 6.45) is 6.75. The number of nitrogens with zero attached hydrogens (tertiary/aromatic N) is 8. The Labute approximate surface area is 586 Å². The van der Waals surface area contributed by atoms with Crippen molar-refractivity contribution in [2.24, 2.45) is 41.4 Å². The molecule has 25 nitrogen and oxygen atoms in total. The van der Waals surface area contributed by atoms with Gasteiger partial charge in [-0.1, -0.05) is 116 Å². The van der Waals surface area contributed by atoms with E-state index in [1.165, 1.54) is 104 Å². The molecular formula is C71H128N12O13S. The van der Waals surface area contributed by atoms with Crippen molar-refractivity contribution in [1.82, 2.24) is 60.5 Å². The number of likely N-dealkylation sites (N-methyl/N-ethyl adjacent to an activating group) is 7. The highest BCUT2D eigenvalue weighted by Crippen LogP contribution is 2.27. The van der Waals surface area contributed by atoms with Crippen LogP contribution in [-0.2, 0) is 57.5 Å². The number of aliphatic hydroxyl groups excluding tert-OH is 1. The normalized spacial score (nSPS) is 27.0. The summed E-state index contributed by atoms with van der Waals surface area (Å²) < 4.78 is 6.11. The second-order valence-corrected chi connectivity index (χ2v) is 30.8. The third-order valence-corrected chi connectivity index (χ3v) is 19.9. The molecule has 0 radical (unpaired) electrons. The number of rotatable bonds is 22. The van der Waals surface area contributed by atoms with Gasteiger partial charge in [0.2, 0.25) is 59.1 Å². The highest BCUT2D eigenvalue weighted by atomic mass is 32.2. The lowest BCUT2D eigenvalue weighted by Crippen LogP contribution is -2.64. The van der Waals surface area contributed by atoms with Crippen molar-refractivity contribution >= 4 is 76.7 Å². The molecule has 0 aromatic rings. The third kappa shape index (κ3) is 25.7. The minimum Gasteiger partial charge on any atom is -0.390 e. The summed E-state index contributed by atoms with van der Waals surface area (Å²) in [4.78, 5) is 176. The quantitative estimate of drug-likeness (QED) is 0.0717. The summed E-state index contributed by atoms with van der Waals surface area (Å²) >= 11 is 1.20. The van der Waals surface area contributed by atoms with Crippen molar-refractivity contribution in [3.05, 3.63) is 12.2 Å². The molecule has 26 heteroatoms. The molecule has 2 aliphatic heterocycles. The Bertz CT molecular complexity index is 2620. The Morgan fingerprint density at radius 3 is 1.49 bits per heavy atom. The number of piperidine rings is 1. The number of ether oxygens (including phenoxy) is 1. The van der Waals surface area contributed by atoms with Gasteiger partial charge < -0.3 is 70.3 Å². The van der Waals surface area contributed by atoms with Crippen LogP contribution in [-0.4, -0.2) is 269 Å². The number of carbonyl (C=O) groups excluding carboxylic acids is 11. The lowest BCUT2D eigenvalue weighted by molar-refractivity contribution is -0.157. The van der Waals surface area contributed by atoms with Crippen LogP contribution < -0.4 is 21.3 Å². The van der Waals surface area contributed by atoms with Gasteiger partial charge in [0.25, 0.3) is 5.91 Å². The van der Waals surface area contributed by atoms with Crippen molar-refractivity contribution in [3.8, 4) is 0 Å². The van der Waals surface area contributed by atoms with Crippen LogP contribution in [0.4, 0.5) is 0 Å². The first kappa shape index (κ1) is 87.2. The number of aliphatic hydroxyl groups is 1. The number of likely N-dealkylation sites (tertiary alicyclic amines) is 1. The van der Waals surface area contributed by atoms with Gasteiger partial charge in [-0.25, -0.2) is 0 Å². The average Bonchev–Trinajstić information content (AvgIpc) is 0.808. The Balaban J connectivity index is 3.12. The van der Waals surface area contributed by atoms with Crippen LogP contribution in [0, 0.1) is 41.4 Å². The molecule has 2 fully saturated rings. The maximum Gasteiger partial charge on any atom is 0.256 e. The number of hydrogen-bond donors (Lipinski definition) is 5. The van der Waals surface area contributed by atoms with Crippen LogP contribution in [0.15, 0.2) is 12.2 Å².